The van der Waals surface area contributed by atoms with Crippen molar-refractivity contribution in [2.75, 3.05) is 13.2 Å². The van der Waals surface area contributed by atoms with Crippen LogP contribution in [0.5, 0.6) is 0 Å². The molecule has 1 aliphatic rings. The van der Waals surface area contributed by atoms with Crippen LogP contribution in [0.2, 0.25) is 0 Å². The van der Waals surface area contributed by atoms with Crippen LogP contribution >= 0.6 is 0 Å². The molecule has 0 saturated heterocycles. The molecule has 0 aromatic heterocycles. The van der Waals surface area contributed by atoms with Crippen LogP contribution in [-0.2, 0) is 29.3 Å². The van der Waals surface area contributed by atoms with E-state index in [0.29, 0.717) is 0 Å². The number of rotatable bonds is 36. The Hall–Kier alpha value is -2.51. The molecule has 0 N–H and O–H groups in total. The van der Waals surface area contributed by atoms with E-state index in [0.717, 1.165) is 108 Å². The third-order valence-corrected chi connectivity index (χ3v) is 12.5. The van der Waals surface area contributed by atoms with Gasteiger partial charge in [-0.15, -0.1) is 0 Å². The summed E-state index contributed by atoms with van der Waals surface area (Å²) in [6, 6.07) is 17.5. The average Bonchev–Trinajstić information content (AvgIpc) is 3.56. The molecule has 0 unspecified atom stereocenters. The summed E-state index contributed by atoms with van der Waals surface area (Å²) in [5, 5.41) is 0. The maximum absolute atomic E-state index is 12.0. The van der Waals surface area contributed by atoms with Crippen LogP contribution in [0.25, 0.3) is 16.9 Å². The topological polar surface area (TPSA) is 43.8 Å². The predicted octanol–water partition coefficient (Wildman–Crippen LogP) is 18.4. The Balaban J connectivity index is 0.00000105. The molecule has 0 bridgehead atoms. The molecule has 0 atom stereocenters. The molecule has 0 radical (unpaired) electrons. The number of nitrogens with zero attached hydrogens (tertiary/aromatic N) is 2. The number of unbranched alkanes of at least 4 members (excludes halogenated alkanes) is 24. The summed E-state index contributed by atoms with van der Waals surface area (Å²) in [5.74, 6) is 7.20. The molecular weight excluding hydrogens is 803 g/mol. The summed E-state index contributed by atoms with van der Waals surface area (Å²) in [5.41, 5.74) is 20.7. The minimum atomic E-state index is 0.808. The van der Waals surface area contributed by atoms with Crippen LogP contribution in [0.1, 0.15) is 249 Å². The second kappa shape index (κ2) is 38.9. The van der Waals surface area contributed by atoms with Gasteiger partial charge in [0.1, 0.15) is 5.57 Å². The molecule has 0 aliphatic carbocycles. The zero-order valence-electron chi connectivity index (χ0n) is 41.0. The quantitative estimate of drug-likeness (QED) is 0.0296. The molecule has 3 rings (SSSR count). The number of hydrogen-bond acceptors (Lipinski definition) is 2. The fourth-order valence-corrected chi connectivity index (χ4v) is 8.58. The van der Waals surface area contributed by atoms with Crippen LogP contribution in [0, 0.1) is 18.8 Å². The van der Waals surface area contributed by atoms with E-state index in [1.807, 2.05) is 0 Å². The number of allylic oxidation sites excluding steroid dienone is 2. The number of benzene rings is 2. The molecule has 0 amide bonds. The van der Waals surface area contributed by atoms with Crippen LogP contribution in [0.15, 0.2) is 59.7 Å². The van der Waals surface area contributed by atoms with Gasteiger partial charge < -0.3 is 5.53 Å². The Morgan fingerprint density at radius 1 is 0.500 bits per heavy atom. The zero-order valence-corrected chi connectivity index (χ0v) is 42.0. The first-order valence-corrected chi connectivity index (χ1v) is 26.8. The molecule has 2 aromatic rings. The molecule has 352 valence electrons. The predicted molar refractivity (Wildman–Crippen MR) is 265 cm³/mol. The van der Waals surface area contributed by atoms with Gasteiger partial charge >= 0.3 is 75.6 Å². The molecule has 0 saturated carbocycles. The van der Waals surface area contributed by atoms with Gasteiger partial charge in [-0.2, -0.15) is 0 Å². The Kier molecular flexibility index (Phi) is 34.9. The molecule has 5 heteroatoms. The molecule has 62 heavy (non-hydrogen) atoms. The van der Waals surface area contributed by atoms with E-state index in [4.69, 9.17) is 7.76 Å². The van der Waals surface area contributed by atoms with E-state index in [-0.39, 0.29) is 0 Å². The normalized spacial score (nSPS) is 12.6. The monoisotopic (exact) mass is 895 g/mol. The Bertz CT molecular complexity index is 1560. The van der Waals surface area contributed by atoms with Gasteiger partial charge in [-0.3, -0.25) is 0 Å². The van der Waals surface area contributed by atoms with Crippen LogP contribution in [0.4, 0.5) is 0 Å². The fourth-order valence-electron chi connectivity index (χ4n) is 8.05. The second-order valence-corrected chi connectivity index (χ2v) is 18.5. The molecule has 0 fully saturated rings. The van der Waals surface area contributed by atoms with Gasteiger partial charge in [0.05, 0.1) is 0 Å². The van der Waals surface area contributed by atoms with E-state index in [9.17, 15) is 5.53 Å². The van der Waals surface area contributed by atoms with Crippen LogP contribution < -0.4 is 0 Å². The summed E-state index contributed by atoms with van der Waals surface area (Å²) in [6.07, 6.45) is 39.6. The van der Waals surface area contributed by atoms with Gasteiger partial charge in [0, 0.05) is 23.1 Å². The van der Waals surface area contributed by atoms with Gasteiger partial charge in [-0.25, -0.2) is 4.70 Å². The van der Waals surface area contributed by atoms with E-state index in [1.165, 1.54) is 169 Å². The molecule has 1 aliphatic heterocycles. The Morgan fingerprint density at radius 2 is 0.968 bits per heavy atom. The first-order chi connectivity index (χ1) is 30.5. The van der Waals surface area contributed by atoms with Crippen LogP contribution in [0.3, 0.4) is 0 Å². The fraction of sp³-hybridized carbons (Fsp3) is 0.684. The molecule has 2 aromatic carbocycles. The van der Waals surface area contributed by atoms with Gasteiger partial charge in [0.15, 0.2) is 0 Å². The van der Waals surface area contributed by atoms with Crippen molar-refractivity contribution >= 4 is 11.4 Å². The van der Waals surface area contributed by atoms with E-state index in [2.05, 4.69) is 102 Å². The second-order valence-electron chi connectivity index (χ2n) is 17.8. The van der Waals surface area contributed by atoms with Crippen molar-refractivity contribution in [3.8, 4) is 11.8 Å². The van der Waals surface area contributed by atoms with Gasteiger partial charge in [-0.1, -0.05) is 197 Å². The summed E-state index contributed by atoms with van der Waals surface area (Å²) in [4.78, 5) is 0. The maximum atomic E-state index is 12.0. The molecule has 4 nitrogen and oxygen atoms in total. The first-order valence-electron chi connectivity index (χ1n) is 26.0. The first kappa shape index (κ1) is 55.6. The summed E-state index contributed by atoms with van der Waals surface area (Å²) < 4.78 is 11.8. The van der Waals surface area contributed by atoms with Crippen molar-refractivity contribution < 1.29 is 27.5 Å². The van der Waals surface area contributed by atoms with Crippen molar-refractivity contribution in [1.29, 1.82) is 0 Å². The van der Waals surface area contributed by atoms with Crippen molar-refractivity contribution in [3.63, 3.8) is 0 Å². The summed E-state index contributed by atoms with van der Waals surface area (Å²) >= 11 is 0.968. The van der Waals surface area contributed by atoms with Crippen LogP contribution in [-0.4, -0.2) is 17.9 Å². The summed E-state index contributed by atoms with van der Waals surface area (Å²) in [7, 11) is 0. The molecule has 0 spiro atoms. The van der Waals surface area contributed by atoms with Gasteiger partial charge in [0.2, 0.25) is 11.4 Å². The average molecular weight is 896 g/mol. The third kappa shape index (κ3) is 25.1. The SMILES string of the molecule is CCCCCCCCCCCCCCC#CC1=C(c2cccc(C)c2)[N+](=[N-])C(c2cccc(CCCCCCCCCCCC)c2)=C1CCCC.CCCC[O][Ni][O]CCCC. The Labute approximate surface area is 390 Å². The minimum absolute atomic E-state index is 0.808. The van der Waals surface area contributed by atoms with Crippen molar-refractivity contribution in [2.45, 2.75) is 241 Å². The van der Waals surface area contributed by atoms with Crippen molar-refractivity contribution in [1.82, 2.24) is 0 Å². The summed E-state index contributed by atoms with van der Waals surface area (Å²) in [6.45, 7) is 14.9. The third-order valence-electron chi connectivity index (χ3n) is 11.9. The Morgan fingerprint density at radius 3 is 1.48 bits per heavy atom. The zero-order chi connectivity index (χ0) is 44.7. The van der Waals surface area contributed by atoms with E-state index in [1.54, 1.807) is 0 Å². The number of hydrogen-bond donors (Lipinski definition) is 0. The van der Waals surface area contributed by atoms with Gasteiger partial charge in [-0.05, 0) is 68.9 Å². The number of aryl methyl sites for hydroxylation is 2. The van der Waals surface area contributed by atoms with E-state index < -0.39 is 0 Å². The van der Waals surface area contributed by atoms with E-state index >= 15 is 0 Å². The van der Waals surface area contributed by atoms with Crippen molar-refractivity contribution in [3.05, 3.63) is 87.5 Å². The van der Waals surface area contributed by atoms with Crippen molar-refractivity contribution in [2.24, 2.45) is 0 Å². The molecular formula is C57H92N2NiO2. The molecule has 1 heterocycles. The standard InChI is InChI=1S/C49H74N2.2C4H9O.Ni/c1-5-8-11-13-15-17-19-20-21-22-24-26-28-30-39-47-46(38-10-7-3)49(51(50)48(47)44-36-31-33-42(4)40-44)45-37-32-35-43(41-45)34-29-27-25-23-18-16-14-12-9-6-2;2*1-2-3-4-5;/h31-33,35-37,40-41H,5-29,34,38H2,1-4H3;2*2-4H2,1H3;/q;2*-1;+2. The van der Waals surface area contributed by atoms with Gasteiger partial charge in [0.25, 0.3) is 0 Å².